The van der Waals surface area contributed by atoms with Crippen molar-refractivity contribution in [2.24, 2.45) is 0 Å². The molecule has 0 aliphatic heterocycles. The third-order valence-electron chi connectivity index (χ3n) is 2.97. The highest BCUT2D eigenvalue weighted by molar-refractivity contribution is 8.00. The fourth-order valence-electron chi connectivity index (χ4n) is 1.58. The Morgan fingerprint density at radius 1 is 1.28 bits per heavy atom. The minimum absolute atomic E-state index is 0.139. The Hall–Kier alpha value is 0.260. The molecular formula is C14H28O2P2. The maximum absolute atomic E-state index is 9.49. The van der Waals surface area contributed by atoms with Crippen LogP contribution in [0.5, 0.6) is 0 Å². The molecule has 2 unspecified atom stereocenters. The van der Waals surface area contributed by atoms with Gasteiger partial charge in [-0.3, -0.25) is 0 Å². The van der Waals surface area contributed by atoms with Crippen molar-refractivity contribution < 1.29 is 9.63 Å². The van der Waals surface area contributed by atoms with Gasteiger partial charge in [-0.1, -0.05) is 39.2 Å². The van der Waals surface area contributed by atoms with Gasteiger partial charge in [-0.15, -0.1) is 0 Å². The molecule has 0 aromatic carbocycles. The van der Waals surface area contributed by atoms with E-state index in [4.69, 9.17) is 4.52 Å². The quantitative estimate of drug-likeness (QED) is 0.361. The van der Waals surface area contributed by atoms with Gasteiger partial charge in [0.05, 0.1) is 12.7 Å². The number of aliphatic hydroxyl groups excluding tert-OH is 1. The van der Waals surface area contributed by atoms with Crippen LogP contribution >= 0.6 is 17.4 Å². The van der Waals surface area contributed by atoms with E-state index in [9.17, 15) is 5.11 Å². The fraction of sp³-hybridized carbons (Fsp3) is 0.714. The van der Waals surface area contributed by atoms with Gasteiger partial charge in [0.2, 0.25) is 0 Å². The van der Waals surface area contributed by atoms with Crippen LogP contribution in [0, 0.1) is 0 Å². The van der Waals surface area contributed by atoms with Gasteiger partial charge in [0.15, 0.2) is 0 Å². The molecule has 0 fully saturated rings. The maximum atomic E-state index is 9.49. The van der Waals surface area contributed by atoms with Crippen LogP contribution in [0.15, 0.2) is 23.3 Å². The Kier molecular flexibility index (Phi) is 12.5. The van der Waals surface area contributed by atoms with Crippen molar-refractivity contribution >= 4 is 17.4 Å². The highest BCUT2D eigenvalue weighted by atomic mass is 32.0. The van der Waals surface area contributed by atoms with Gasteiger partial charge in [-0.25, -0.2) is 0 Å². The van der Waals surface area contributed by atoms with Crippen molar-refractivity contribution in [3.8, 4) is 0 Å². The van der Waals surface area contributed by atoms with E-state index in [2.05, 4.69) is 34.9 Å². The molecule has 0 aliphatic rings. The summed E-state index contributed by atoms with van der Waals surface area (Å²) < 4.78 is 5.28. The van der Waals surface area contributed by atoms with Crippen LogP contribution in [0.25, 0.3) is 0 Å². The van der Waals surface area contributed by atoms with E-state index in [0.717, 1.165) is 38.7 Å². The SMILES string of the molecule is CC[C@@H](O)CC/C(C)=C/CC/C(C)=C/COPP. The van der Waals surface area contributed by atoms with Crippen LogP contribution in [-0.2, 0) is 4.52 Å². The average Bonchev–Trinajstić information content (AvgIpc) is 2.36. The van der Waals surface area contributed by atoms with E-state index in [1.165, 1.54) is 11.1 Å². The first kappa shape index (κ1) is 18.3. The number of rotatable bonds is 10. The summed E-state index contributed by atoms with van der Waals surface area (Å²) in [6.07, 6.45) is 9.23. The van der Waals surface area contributed by atoms with Gasteiger partial charge < -0.3 is 9.63 Å². The fourth-order valence-corrected chi connectivity index (χ4v) is 2.05. The third-order valence-corrected chi connectivity index (χ3v) is 3.81. The molecule has 0 saturated carbocycles. The highest BCUT2D eigenvalue weighted by Gasteiger charge is 2.00. The van der Waals surface area contributed by atoms with Gasteiger partial charge in [-0.2, -0.15) is 0 Å². The Labute approximate surface area is 116 Å². The molecule has 0 spiro atoms. The van der Waals surface area contributed by atoms with Gasteiger partial charge in [0.25, 0.3) is 0 Å². The minimum Gasteiger partial charge on any atom is -0.393 e. The van der Waals surface area contributed by atoms with Crippen molar-refractivity contribution in [1.82, 2.24) is 0 Å². The van der Waals surface area contributed by atoms with E-state index >= 15 is 0 Å². The van der Waals surface area contributed by atoms with Crippen molar-refractivity contribution in [3.63, 3.8) is 0 Å². The molecule has 0 bridgehead atoms. The van der Waals surface area contributed by atoms with Crippen molar-refractivity contribution in [2.45, 2.75) is 59.0 Å². The van der Waals surface area contributed by atoms with Crippen LogP contribution in [0.4, 0.5) is 0 Å². The molecule has 1 N–H and O–H groups in total. The van der Waals surface area contributed by atoms with Crippen molar-refractivity contribution in [1.29, 1.82) is 0 Å². The summed E-state index contributed by atoms with van der Waals surface area (Å²) in [7, 11) is 3.07. The first-order valence-electron chi connectivity index (χ1n) is 6.66. The number of aliphatic hydroxyl groups is 1. The zero-order valence-corrected chi connectivity index (χ0v) is 14.1. The second-order valence-corrected chi connectivity index (χ2v) is 5.90. The molecule has 0 rings (SSSR count). The van der Waals surface area contributed by atoms with Crippen LogP contribution in [0.3, 0.4) is 0 Å². The van der Waals surface area contributed by atoms with Crippen LogP contribution in [-0.4, -0.2) is 17.8 Å². The predicted octanol–water partition coefficient (Wildman–Crippen LogP) is 4.61. The lowest BCUT2D eigenvalue weighted by molar-refractivity contribution is 0.160. The van der Waals surface area contributed by atoms with Gasteiger partial charge in [0.1, 0.15) is 0 Å². The van der Waals surface area contributed by atoms with Crippen molar-refractivity contribution in [3.05, 3.63) is 23.3 Å². The largest absolute Gasteiger partial charge is 0.393 e. The average molecular weight is 290 g/mol. The standard InChI is InChI=1S/C14H28O2P2/c1-4-14(15)9-8-12(2)6-5-7-13(3)10-11-16-18-17/h6,10,14-15,18H,4-5,7-9,11,17H2,1-3H3/b12-6+,13-10+/t14-/m1/s1. The summed E-state index contributed by atoms with van der Waals surface area (Å²) in [6, 6.07) is 0. The van der Waals surface area contributed by atoms with E-state index in [0.29, 0.717) is 8.50 Å². The van der Waals surface area contributed by atoms with Gasteiger partial charge >= 0.3 is 0 Å². The molecule has 0 amide bonds. The Morgan fingerprint density at radius 3 is 2.56 bits per heavy atom. The highest BCUT2D eigenvalue weighted by Crippen LogP contribution is 2.21. The van der Waals surface area contributed by atoms with E-state index in [1.807, 2.05) is 6.92 Å². The maximum Gasteiger partial charge on any atom is 0.0693 e. The Morgan fingerprint density at radius 2 is 1.94 bits per heavy atom. The molecule has 0 aromatic rings. The summed E-state index contributed by atoms with van der Waals surface area (Å²) in [5.74, 6) is 0. The molecule has 106 valence electrons. The molecule has 0 aliphatic carbocycles. The zero-order chi connectivity index (χ0) is 13.8. The summed E-state index contributed by atoms with van der Waals surface area (Å²) in [6.45, 7) is 7.05. The predicted molar refractivity (Wildman–Crippen MR) is 86.3 cm³/mol. The van der Waals surface area contributed by atoms with Gasteiger partial charge in [-0.05, 0) is 46.0 Å². The van der Waals surface area contributed by atoms with Crippen LogP contribution in [0.2, 0.25) is 0 Å². The third kappa shape index (κ3) is 11.4. The molecule has 18 heavy (non-hydrogen) atoms. The molecule has 0 radical (unpaired) electrons. The molecule has 4 heteroatoms. The van der Waals surface area contributed by atoms with Crippen LogP contribution in [0.1, 0.15) is 52.9 Å². The molecule has 0 heterocycles. The molecule has 0 saturated heterocycles. The zero-order valence-electron chi connectivity index (χ0n) is 11.9. The van der Waals surface area contributed by atoms with E-state index in [1.54, 1.807) is 0 Å². The molecule has 3 atom stereocenters. The summed E-state index contributed by atoms with van der Waals surface area (Å²) in [4.78, 5) is 0. The lowest BCUT2D eigenvalue weighted by Crippen LogP contribution is -2.03. The monoisotopic (exact) mass is 290 g/mol. The smallest absolute Gasteiger partial charge is 0.0693 e. The first-order valence-corrected chi connectivity index (χ1v) is 9.38. The lowest BCUT2D eigenvalue weighted by Gasteiger charge is -2.07. The van der Waals surface area contributed by atoms with E-state index < -0.39 is 0 Å². The summed E-state index contributed by atoms with van der Waals surface area (Å²) in [5, 5.41) is 9.49. The minimum atomic E-state index is -0.139. The lowest BCUT2D eigenvalue weighted by atomic mass is 10.0. The Bertz CT molecular complexity index is 263. The summed E-state index contributed by atoms with van der Waals surface area (Å²) in [5.41, 5.74) is 2.77. The molecule has 0 aromatic heterocycles. The van der Waals surface area contributed by atoms with Gasteiger partial charge in [0, 0.05) is 8.50 Å². The van der Waals surface area contributed by atoms with Crippen molar-refractivity contribution in [2.75, 3.05) is 6.61 Å². The number of allylic oxidation sites excluding steroid dienone is 3. The normalized spacial score (nSPS) is 15.6. The first-order chi connectivity index (χ1) is 8.60. The number of hydrogen-bond acceptors (Lipinski definition) is 2. The Balaban J connectivity index is 3.75. The molecule has 2 nitrogen and oxygen atoms in total. The van der Waals surface area contributed by atoms with E-state index in [-0.39, 0.29) is 6.10 Å². The van der Waals surface area contributed by atoms with Crippen LogP contribution < -0.4 is 0 Å². The summed E-state index contributed by atoms with van der Waals surface area (Å²) >= 11 is 0. The number of hydrogen-bond donors (Lipinski definition) is 1. The molecular weight excluding hydrogens is 262 g/mol. The second kappa shape index (κ2) is 12.3. The topological polar surface area (TPSA) is 29.5 Å². The second-order valence-electron chi connectivity index (χ2n) is 4.67.